The fourth-order valence-corrected chi connectivity index (χ4v) is 0.790. The van der Waals surface area contributed by atoms with E-state index in [1.54, 1.807) is 0 Å². The van der Waals surface area contributed by atoms with Crippen molar-refractivity contribution in [3.8, 4) is 0 Å². The van der Waals surface area contributed by atoms with Crippen molar-refractivity contribution in [2.45, 2.75) is 32.6 Å². The van der Waals surface area contributed by atoms with Gasteiger partial charge < -0.3 is 0 Å². The van der Waals surface area contributed by atoms with Crippen molar-refractivity contribution in [2.75, 3.05) is 6.61 Å². The highest BCUT2D eigenvalue weighted by Gasteiger charge is 2.06. The Morgan fingerprint density at radius 2 is 1.91 bits per heavy atom. The van der Waals surface area contributed by atoms with Gasteiger partial charge in [0.2, 0.25) is 0 Å². The molecule has 0 bridgehead atoms. The second-order valence-corrected chi connectivity index (χ2v) is 3.26. The average Bonchev–Trinajstić information content (AvgIpc) is 1.96. The first-order chi connectivity index (χ1) is 5.27. The van der Waals surface area contributed by atoms with Gasteiger partial charge in [-0.05, 0) is 6.42 Å². The van der Waals surface area contributed by atoms with Crippen molar-refractivity contribution < 1.29 is 9.69 Å². The molecule has 0 saturated heterocycles. The molecule has 0 heterocycles. The normalized spacial score (nSPS) is 10.1. The van der Waals surface area contributed by atoms with Gasteiger partial charge in [-0.1, -0.05) is 26.2 Å². The minimum Gasteiger partial charge on any atom is -0.259 e. The predicted octanol–water partition coefficient (Wildman–Crippen LogP) is 2.98. The molecule has 0 aromatic rings. The summed E-state index contributed by atoms with van der Waals surface area (Å²) in [4.78, 5) is 9.13. The maximum absolute atomic E-state index is 5.24. The molecule has 0 saturated carbocycles. The first-order valence-electron chi connectivity index (χ1n) is 3.83. The summed E-state index contributed by atoms with van der Waals surface area (Å²) in [6.07, 6.45) is 4.60. The Labute approximate surface area is 78.0 Å². The molecule has 0 amide bonds. The minimum atomic E-state index is -0.874. The predicted molar refractivity (Wildman–Crippen MR) is 48.6 cm³/mol. The molecule has 0 aliphatic carbocycles. The molecule has 0 aromatic carbocycles. The Morgan fingerprint density at radius 1 is 1.18 bits per heavy atom. The van der Waals surface area contributed by atoms with Crippen molar-refractivity contribution in [1.82, 2.24) is 0 Å². The van der Waals surface area contributed by atoms with Gasteiger partial charge in [0.05, 0.1) is 6.61 Å². The zero-order chi connectivity index (χ0) is 8.53. The van der Waals surface area contributed by atoms with Gasteiger partial charge in [0.1, 0.15) is 0 Å². The highest BCUT2D eigenvalue weighted by atomic mass is 35.5. The maximum Gasteiger partial charge on any atom is 0.539 e. The fraction of sp³-hybridized carbons (Fsp3) is 1.00. The number of halogens is 2. The van der Waals surface area contributed by atoms with Crippen molar-refractivity contribution >= 4 is 28.7 Å². The zero-order valence-corrected chi connectivity index (χ0v) is 8.20. The van der Waals surface area contributed by atoms with Gasteiger partial charge in [0.15, 0.2) is 0 Å². The third-order valence-corrected chi connectivity index (χ3v) is 1.37. The van der Waals surface area contributed by atoms with Crippen LogP contribution >= 0.6 is 22.9 Å². The van der Waals surface area contributed by atoms with E-state index in [0.29, 0.717) is 6.61 Å². The van der Waals surface area contributed by atoms with E-state index in [1.165, 1.54) is 12.8 Å². The topological polar surface area (TPSA) is 18.5 Å². The summed E-state index contributed by atoms with van der Waals surface area (Å²) in [5.41, 5.74) is 0. The summed E-state index contributed by atoms with van der Waals surface area (Å²) in [6.45, 7) is 2.72. The SMILES string of the molecule is CCCCCCOOB(Cl)Cl. The van der Waals surface area contributed by atoms with Crippen LogP contribution in [0, 0.1) is 0 Å². The molecule has 0 aromatic heterocycles. The van der Waals surface area contributed by atoms with Crippen molar-refractivity contribution in [2.24, 2.45) is 0 Å². The van der Waals surface area contributed by atoms with Crippen LogP contribution in [0.4, 0.5) is 0 Å². The fourth-order valence-electron chi connectivity index (χ4n) is 0.687. The largest absolute Gasteiger partial charge is 0.539 e. The van der Waals surface area contributed by atoms with Crippen LogP contribution in [-0.2, 0) is 9.69 Å². The lowest BCUT2D eigenvalue weighted by Gasteiger charge is -2.01. The van der Waals surface area contributed by atoms with E-state index in [-0.39, 0.29) is 0 Å². The molecule has 0 N–H and O–H groups in total. The Morgan fingerprint density at radius 3 is 2.45 bits per heavy atom. The van der Waals surface area contributed by atoms with Crippen LogP contribution in [0.1, 0.15) is 32.6 Å². The summed E-state index contributed by atoms with van der Waals surface area (Å²) in [5, 5.41) is 0. The molecule has 66 valence electrons. The van der Waals surface area contributed by atoms with Crippen LogP contribution < -0.4 is 0 Å². The minimum absolute atomic E-state index is 0.565. The molecule has 2 nitrogen and oxygen atoms in total. The van der Waals surface area contributed by atoms with Crippen LogP contribution in [-0.4, -0.2) is 12.4 Å². The van der Waals surface area contributed by atoms with Gasteiger partial charge in [-0.3, -0.25) is 4.81 Å². The van der Waals surface area contributed by atoms with E-state index in [9.17, 15) is 0 Å². The Hall–Kier alpha value is 0.565. The van der Waals surface area contributed by atoms with Crippen LogP contribution in [0.5, 0.6) is 0 Å². The number of rotatable bonds is 7. The van der Waals surface area contributed by atoms with E-state index < -0.39 is 5.75 Å². The van der Waals surface area contributed by atoms with E-state index in [1.807, 2.05) is 0 Å². The second-order valence-electron chi connectivity index (χ2n) is 2.24. The van der Waals surface area contributed by atoms with Gasteiger partial charge >= 0.3 is 5.75 Å². The zero-order valence-electron chi connectivity index (χ0n) is 6.69. The third kappa shape index (κ3) is 10.6. The Balaban J connectivity index is 2.80. The van der Waals surface area contributed by atoms with Crippen LogP contribution in [0.2, 0.25) is 0 Å². The third-order valence-electron chi connectivity index (χ3n) is 1.22. The van der Waals surface area contributed by atoms with Gasteiger partial charge in [-0.25, -0.2) is 4.89 Å². The lowest BCUT2D eigenvalue weighted by Crippen LogP contribution is -2.04. The van der Waals surface area contributed by atoms with E-state index in [0.717, 1.165) is 12.8 Å². The monoisotopic (exact) mass is 198 g/mol. The van der Waals surface area contributed by atoms with E-state index >= 15 is 0 Å². The molecule has 0 unspecified atom stereocenters. The average molecular weight is 199 g/mol. The molecule has 5 heteroatoms. The van der Waals surface area contributed by atoms with Crippen molar-refractivity contribution in [1.29, 1.82) is 0 Å². The van der Waals surface area contributed by atoms with Gasteiger partial charge in [0.25, 0.3) is 0 Å². The second kappa shape index (κ2) is 8.66. The quantitative estimate of drug-likeness (QED) is 0.271. The molecule has 0 radical (unpaired) electrons. The molecule has 0 rings (SSSR count). The molecule has 11 heavy (non-hydrogen) atoms. The van der Waals surface area contributed by atoms with Crippen molar-refractivity contribution in [3.05, 3.63) is 0 Å². The Kier molecular flexibility index (Phi) is 9.10. The van der Waals surface area contributed by atoms with Gasteiger partial charge in [-0.15, -0.1) is 22.9 Å². The standard InChI is InChI=1S/C6H13BCl2O2/c1-2-3-4-5-6-10-11-7(8)9/h2-6H2,1H3. The van der Waals surface area contributed by atoms with Crippen LogP contribution in [0.3, 0.4) is 0 Å². The van der Waals surface area contributed by atoms with Crippen molar-refractivity contribution in [3.63, 3.8) is 0 Å². The summed E-state index contributed by atoms with van der Waals surface area (Å²) in [5.74, 6) is -0.874. The van der Waals surface area contributed by atoms with Crippen LogP contribution in [0.15, 0.2) is 0 Å². The molecule has 0 spiro atoms. The summed E-state index contributed by atoms with van der Waals surface area (Å²) >= 11 is 10.5. The highest BCUT2D eigenvalue weighted by Crippen LogP contribution is 2.02. The van der Waals surface area contributed by atoms with E-state index in [4.69, 9.17) is 22.9 Å². The lowest BCUT2D eigenvalue weighted by atomic mass is 10.2. The maximum atomic E-state index is 5.24. The molecule has 0 atom stereocenters. The van der Waals surface area contributed by atoms with Gasteiger partial charge in [-0.2, -0.15) is 0 Å². The highest BCUT2D eigenvalue weighted by molar-refractivity contribution is 7.30. The number of hydrogen-bond donors (Lipinski definition) is 0. The smallest absolute Gasteiger partial charge is 0.259 e. The van der Waals surface area contributed by atoms with Gasteiger partial charge in [0, 0.05) is 0 Å². The lowest BCUT2D eigenvalue weighted by molar-refractivity contribution is -0.208. The first-order valence-corrected chi connectivity index (χ1v) is 4.71. The molecule has 0 fully saturated rings. The Bertz CT molecular complexity index is 83.0. The summed E-state index contributed by atoms with van der Waals surface area (Å²) in [6, 6.07) is 0. The number of unbranched alkanes of at least 4 members (excludes halogenated alkanes) is 3. The molecular formula is C6H13BCl2O2. The first kappa shape index (κ1) is 11.6. The number of hydrogen-bond acceptors (Lipinski definition) is 2. The summed E-state index contributed by atoms with van der Waals surface area (Å²) in [7, 11) is 0. The molecule has 0 aliphatic heterocycles. The van der Waals surface area contributed by atoms with E-state index in [2.05, 4.69) is 16.6 Å². The molecule has 0 aliphatic rings. The van der Waals surface area contributed by atoms with Crippen LogP contribution in [0.25, 0.3) is 0 Å². The molecular weight excluding hydrogens is 186 g/mol. The summed E-state index contributed by atoms with van der Waals surface area (Å²) < 4.78 is 0.